The molecule has 3 heterocycles. The van der Waals surface area contributed by atoms with Gasteiger partial charge in [0.05, 0.1) is 0 Å². The van der Waals surface area contributed by atoms with Crippen molar-refractivity contribution in [2.24, 2.45) is 0 Å². The molecule has 0 bridgehead atoms. The number of fused-ring (bicyclic) bond motifs is 6. The van der Waals surface area contributed by atoms with Gasteiger partial charge in [0.2, 0.25) is 0 Å². The quantitative estimate of drug-likeness (QED) is 0.185. The second-order valence-corrected chi connectivity index (χ2v) is 13.5. The van der Waals surface area contributed by atoms with Gasteiger partial charge in [-0.1, -0.05) is 127 Å². The van der Waals surface area contributed by atoms with Crippen LogP contribution >= 0.6 is 11.3 Å². The highest BCUT2D eigenvalue weighted by Crippen LogP contribution is 2.45. The Morgan fingerprint density at radius 1 is 0.360 bits per heavy atom. The van der Waals surface area contributed by atoms with Crippen molar-refractivity contribution >= 4 is 53.4 Å². The lowest BCUT2D eigenvalue weighted by Gasteiger charge is -2.10. The minimum absolute atomic E-state index is 0.600. The van der Waals surface area contributed by atoms with Crippen LogP contribution < -0.4 is 0 Å². The summed E-state index contributed by atoms with van der Waals surface area (Å²) in [4.78, 5) is 14.8. The fraction of sp³-hybridized carbons (Fsp3) is 0. The van der Waals surface area contributed by atoms with Crippen molar-refractivity contribution in [1.82, 2.24) is 15.0 Å². The van der Waals surface area contributed by atoms with Crippen LogP contribution in [0.5, 0.6) is 0 Å². The third-order valence-electron chi connectivity index (χ3n) is 9.33. The lowest BCUT2D eigenvalue weighted by molar-refractivity contribution is 0.669. The SMILES string of the molecule is c1ccc(-c2nc(-c3ccccc3)nc(-c3ccc4c(c3)oc3cccc(-c5cc(-c6ccccc6)c6c(c5)sc5ccccc56)c34)n2)cc1. The van der Waals surface area contributed by atoms with Crippen molar-refractivity contribution in [3.05, 3.63) is 164 Å². The van der Waals surface area contributed by atoms with Crippen LogP contribution in [0.3, 0.4) is 0 Å². The van der Waals surface area contributed by atoms with Crippen LogP contribution in [0.15, 0.2) is 168 Å². The summed E-state index contributed by atoms with van der Waals surface area (Å²) in [6.45, 7) is 0. The summed E-state index contributed by atoms with van der Waals surface area (Å²) >= 11 is 1.85. The molecule has 0 fully saturated rings. The minimum atomic E-state index is 0.600. The molecule has 0 spiro atoms. The van der Waals surface area contributed by atoms with Gasteiger partial charge in [-0.15, -0.1) is 11.3 Å². The standard InChI is InChI=1S/C45H27N3OS/c1-4-13-28(14-5-1)36-25-32(27-40-42(36)35-19-10-11-22-39(35)50-40)33-20-12-21-37-41(33)34-24-23-31(26-38(34)49-37)45-47-43(29-15-6-2-7-16-29)46-44(48-45)30-17-8-3-9-18-30/h1-27H. The van der Waals surface area contributed by atoms with Gasteiger partial charge in [-0.3, -0.25) is 0 Å². The molecule has 0 N–H and O–H groups in total. The Bertz CT molecular complexity index is 2800. The van der Waals surface area contributed by atoms with E-state index < -0.39 is 0 Å². The largest absolute Gasteiger partial charge is 0.456 e. The smallest absolute Gasteiger partial charge is 0.164 e. The number of nitrogens with zero attached hydrogens (tertiary/aromatic N) is 3. The van der Waals surface area contributed by atoms with Crippen LogP contribution in [0.4, 0.5) is 0 Å². The summed E-state index contributed by atoms with van der Waals surface area (Å²) in [7, 11) is 0. The first-order valence-electron chi connectivity index (χ1n) is 16.6. The molecule has 10 rings (SSSR count). The van der Waals surface area contributed by atoms with Gasteiger partial charge in [0.1, 0.15) is 11.2 Å². The fourth-order valence-corrected chi connectivity index (χ4v) is 8.17. The summed E-state index contributed by atoms with van der Waals surface area (Å²) < 4.78 is 9.15. The maximum Gasteiger partial charge on any atom is 0.164 e. The number of benzene rings is 7. The zero-order chi connectivity index (χ0) is 33.0. The molecule has 0 aliphatic carbocycles. The third kappa shape index (κ3) is 4.79. The van der Waals surface area contributed by atoms with Gasteiger partial charge < -0.3 is 4.42 Å². The Hall–Kier alpha value is -6.43. The van der Waals surface area contributed by atoms with Crippen LogP contribution in [0.25, 0.3) is 98.5 Å². The summed E-state index contributed by atoms with van der Waals surface area (Å²) in [5.74, 6) is 1.86. The first kappa shape index (κ1) is 28.6. The van der Waals surface area contributed by atoms with Gasteiger partial charge in [0, 0.05) is 47.6 Å². The Morgan fingerprint density at radius 3 is 1.68 bits per heavy atom. The molecule has 0 saturated carbocycles. The summed E-state index contributed by atoms with van der Waals surface area (Å²) in [5.41, 5.74) is 9.13. The van der Waals surface area contributed by atoms with Gasteiger partial charge in [0.25, 0.3) is 0 Å². The van der Waals surface area contributed by atoms with E-state index in [-0.39, 0.29) is 0 Å². The highest BCUT2D eigenvalue weighted by Gasteiger charge is 2.19. The molecular weight excluding hydrogens is 631 g/mol. The molecular formula is C45H27N3OS. The van der Waals surface area contributed by atoms with Crippen LogP contribution in [0, 0.1) is 0 Å². The van der Waals surface area contributed by atoms with E-state index in [0.29, 0.717) is 17.5 Å². The van der Waals surface area contributed by atoms with Crippen molar-refractivity contribution in [2.75, 3.05) is 0 Å². The molecule has 0 unspecified atom stereocenters. The monoisotopic (exact) mass is 657 g/mol. The van der Waals surface area contributed by atoms with Gasteiger partial charge in [-0.25, -0.2) is 15.0 Å². The molecule has 50 heavy (non-hydrogen) atoms. The lowest BCUT2D eigenvalue weighted by atomic mass is 9.93. The van der Waals surface area contributed by atoms with Gasteiger partial charge in [-0.2, -0.15) is 0 Å². The summed E-state index contributed by atoms with van der Waals surface area (Å²) in [6, 6.07) is 56.8. The average Bonchev–Trinajstić information content (AvgIpc) is 3.76. The molecule has 0 saturated heterocycles. The second kappa shape index (κ2) is 11.6. The second-order valence-electron chi connectivity index (χ2n) is 12.4. The molecule has 5 heteroatoms. The topological polar surface area (TPSA) is 51.8 Å². The molecule has 234 valence electrons. The van der Waals surface area contributed by atoms with E-state index in [1.54, 1.807) is 0 Å². The Morgan fingerprint density at radius 2 is 0.980 bits per heavy atom. The Kier molecular flexibility index (Phi) is 6.64. The third-order valence-corrected chi connectivity index (χ3v) is 10.4. The minimum Gasteiger partial charge on any atom is -0.456 e. The maximum atomic E-state index is 6.59. The van der Waals surface area contributed by atoms with E-state index in [2.05, 4.69) is 103 Å². The molecule has 4 nitrogen and oxygen atoms in total. The number of hydrogen-bond donors (Lipinski definition) is 0. The number of hydrogen-bond acceptors (Lipinski definition) is 5. The highest BCUT2D eigenvalue weighted by molar-refractivity contribution is 7.26. The molecule has 0 aliphatic heterocycles. The molecule has 0 atom stereocenters. The van der Waals surface area contributed by atoms with E-state index in [9.17, 15) is 0 Å². The first-order valence-corrected chi connectivity index (χ1v) is 17.4. The van der Waals surface area contributed by atoms with Crippen LogP contribution in [0.2, 0.25) is 0 Å². The number of thiophene rings is 1. The predicted molar refractivity (Wildman–Crippen MR) is 207 cm³/mol. The zero-order valence-electron chi connectivity index (χ0n) is 26.7. The van der Waals surface area contributed by atoms with E-state index in [1.807, 2.05) is 72.0 Å². The van der Waals surface area contributed by atoms with E-state index >= 15 is 0 Å². The van der Waals surface area contributed by atoms with Gasteiger partial charge >= 0.3 is 0 Å². The highest BCUT2D eigenvalue weighted by atomic mass is 32.1. The number of rotatable bonds is 5. The average molecular weight is 658 g/mol. The number of furan rings is 1. The van der Waals surface area contributed by atoms with Crippen molar-refractivity contribution in [3.63, 3.8) is 0 Å². The van der Waals surface area contributed by atoms with E-state index in [1.165, 1.54) is 31.3 Å². The Labute approximate surface area is 292 Å². The molecule has 3 aromatic heterocycles. The van der Waals surface area contributed by atoms with E-state index in [4.69, 9.17) is 19.4 Å². The fourth-order valence-electron chi connectivity index (χ4n) is 7.00. The normalized spacial score (nSPS) is 11.6. The number of aromatic nitrogens is 3. The van der Waals surface area contributed by atoms with Crippen molar-refractivity contribution in [2.45, 2.75) is 0 Å². The Balaban J connectivity index is 1.15. The van der Waals surface area contributed by atoms with Gasteiger partial charge in [0.15, 0.2) is 17.5 Å². The summed E-state index contributed by atoms with van der Waals surface area (Å²) in [5, 5.41) is 4.75. The van der Waals surface area contributed by atoms with Crippen LogP contribution in [-0.4, -0.2) is 15.0 Å². The first-order chi connectivity index (χ1) is 24.8. The molecule has 0 radical (unpaired) electrons. The van der Waals surface area contributed by atoms with Crippen LogP contribution in [0.1, 0.15) is 0 Å². The lowest BCUT2D eigenvalue weighted by Crippen LogP contribution is -2.00. The van der Waals surface area contributed by atoms with E-state index in [0.717, 1.165) is 49.8 Å². The zero-order valence-corrected chi connectivity index (χ0v) is 27.6. The predicted octanol–water partition coefficient (Wildman–Crippen LogP) is 12.5. The van der Waals surface area contributed by atoms with Crippen molar-refractivity contribution in [3.8, 4) is 56.4 Å². The molecule has 0 aliphatic rings. The maximum absolute atomic E-state index is 6.59. The van der Waals surface area contributed by atoms with Crippen molar-refractivity contribution < 1.29 is 4.42 Å². The molecule has 7 aromatic carbocycles. The summed E-state index contributed by atoms with van der Waals surface area (Å²) in [6.07, 6.45) is 0. The van der Waals surface area contributed by atoms with Crippen molar-refractivity contribution in [1.29, 1.82) is 0 Å². The van der Waals surface area contributed by atoms with Crippen LogP contribution in [-0.2, 0) is 0 Å². The van der Waals surface area contributed by atoms with Gasteiger partial charge in [-0.05, 0) is 58.7 Å². The molecule has 10 aromatic rings. The molecule has 0 amide bonds.